The first-order valence-electron chi connectivity index (χ1n) is 5.55. The third-order valence-corrected chi connectivity index (χ3v) is 3.04. The molecule has 0 fully saturated rings. The summed E-state index contributed by atoms with van der Waals surface area (Å²) in [6, 6.07) is 3.87. The topological polar surface area (TPSA) is 66.9 Å². The normalized spacial score (nSPS) is 10.2. The molecule has 0 spiro atoms. The number of rotatable bonds is 7. The summed E-state index contributed by atoms with van der Waals surface area (Å²) in [4.78, 5) is 18.5. The van der Waals surface area contributed by atoms with Gasteiger partial charge < -0.3 is 10.6 Å². The van der Waals surface area contributed by atoms with Crippen molar-refractivity contribution in [3.63, 3.8) is 0 Å². The number of aromatic nitrogens is 2. The quantitative estimate of drug-likeness (QED) is 0.736. The largest absolute Gasteiger partial charge is 0.360 e. The molecule has 2 N–H and O–H groups in total. The smallest absolute Gasteiger partial charge is 0.213 e. The summed E-state index contributed by atoms with van der Waals surface area (Å²) in [7, 11) is 0. The highest BCUT2D eigenvalue weighted by Gasteiger charge is 2.03. The van der Waals surface area contributed by atoms with E-state index in [0.717, 1.165) is 22.9 Å². The Morgan fingerprint density at radius 1 is 1.39 bits per heavy atom. The number of hydrogen-bond acceptors (Lipinski definition) is 6. The standard InChI is InChI=1S/C12H13N4OS/c17-7-6-13-4-5-15-12-16-11(9-18-12)10-2-1-3-14-8-10/h1-3,8-9,13H,4-6H2,(H,15,16). The lowest BCUT2D eigenvalue weighted by Gasteiger charge is -2.01. The minimum Gasteiger partial charge on any atom is -0.360 e. The second kappa shape index (κ2) is 6.83. The van der Waals surface area contributed by atoms with Gasteiger partial charge in [0.2, 0.25) is 6.29 Å². The van der Waals surface area contributed by atoms with Crippen molar-refractivity contribution in [3.05, 3.63) is 29.9 Å². The molecule has 0 atom stereocenters. The second-order valence-electron chi connectivity index (χ2n) is 3.53. The first-order valence-corrected chi connectivity index (χ1v) is 6.43. The maximum Gasteiger partial charge on any atom is 0.213 e. The van der Waals surface area contributed by atoms with Crippen LogP contribution in [0.1, 0.15) is 0 Å². The van der Waals surface area contributed by atoms with E-state index >= 15 is 0 Å². The van der Waals surface area contributed by atoms with Gasteiger partial charge in [0.25, 0.3) is 0 Å². The molecule has 0 aromatic carbocycles. The third-order valence-electron chi connectivity index (χ3n) is 2.24. The van der Waals surface area contributed by atoms with Crippen molar-refractivity contribution >= 4 is 22.8 Å². The lowest BCUT2D eigenvalue weighted by Crippen LogP contribution is -2.23. The molecule has 1 radical (unpaired) electrons. The summed E-state index contributed by atoms with van der Waals surface area (Å²) in [6.45, 7) is 1.69. The zero-order chi connectivity index (χ0) is 12.6. The van der Waals surface area contributed by atoms with Crippen molar-refractivity contribution in [2.45, 2.75) is 0 Å². The SMILES string of the molecule is O=[C]CNCCNc1nc(-c2cccnc2)cs1. The van der Waals surface area contributed by atoms with Gasteiger partial charge in [-0.25, -0.2) is 4.98 Å². The zero-order valence-corrected chi connectivity index (χ0v) is 10.5. The van der Waals surface area contributed by atoms with Crippen LogP contribution in [0.5, 0.6) is 0 Å². The Balaban J connectivity index is 1.85. The lowest BCUT2D eigenvalue weighted by atomic mass is 10.2. The fourth-order valence-corrected chi connectivity index (χ4v) is 2.15. The Morgan fingerprint density at radius 2 is 2.33 bits per heavy atom. The van der Waals surface area contributed by atoms with Crippen LogP contribution in [0.15, 0.2) is 29.9 Å². The molecule has 5 nitrogen and oxygen atoms in total. The Morgan fingerprint density at radius 3 is 3.11 bits per heavy atom. The molecule has 6 heteroatoms. The highest BCUT2D eigenvalue weighted by atomic mass is 32.1. The van der Waals surface area contributed by atoms with Gasteiger partial charge in [-0.15, -0.1) is 11.3 Å². The molecule has 0 bridgehead atoms. The van der Waals surface area contributed by atoms with E-state index in [4.69, 9.17) is 0 Å². The highest BCUT2D eigenvalue weighted by Crippen LogP contribution is 2.23. The summed E-state index contributed by atoms with van der Waals surface area (Å²) in [5.41, 5.74) is 1.93. The van der Waals surface area contributed by atoms with Gasteiger partial charge in [0, 0.05) is 36.4 Å². The average molecular weight is 261 g/mol. The van der Waals surface area contributed by atoms with E-state index in [-0.39, 0.29) is 6.54 Å². The van der Waals surface area contributed by atoms with Gasteiger partial charge in [0.05, 0.1) is 12.2 Å². The molecule has 93 valence electrons. The number of carbonyl (C=O) groups excluding carboxylic acids is 1. The van der Waals surface area contributed by atoms with Gasteiger partial charge in [0.1, 0.15) is 0 Å². The molecule has 0 aliphatic rings. The molecule has 0 unspecified atom stereocenters. The highest BCUT2D eigenvalue weighted by molar-refractivity contribution is 7.14. The van der Waals surface area contributed by atoms with Crippen molar-refractivity contribution in [2.24, 2.45) is 0 Å². The van der Waals surface area contributed by atoms with Crippen LogP contribution in [-0.2, 0) is 4.79 Å². The van der Waals surface area contributed by atoms with Crippen molar-refractivity contribution in [2.75, 3.05) is 25.0 Å². The van der Waals surface area contributed by atoms with Gasteiger partial charge in [0.15, 0.2) is 5.13 Å². The van der Waals surface area contributed by atoms with E-state index in [0.29, 0.717) is 6.54 Å². The van der Waals surface area contributed by atoms with E-state index in [2.05, 4.69) is 20.6 Å². The molecule has 0 amide bonds. The van der Waals surface area contributed by atoms with Crippen LogP contribution in [0.2, 0.25) is 0 Å². The molecule has 2 rings (SSSR count). The van der Waals surface area contributed by atoms with Crippen LogP contribution in [-0.4, -0.2) is 35.9 Å². The molecule has 0 aliphatic heterocycles. The Bertz CT molecular complexity index is 486. The van der Waals surface area contributed by atoms with E-state index in [9.17, 15) is 4.79 Å². The van der Waals surface area contributed by atoms with Gasteiger partial charge in [-0.05, 0) is 12.1 Å². The maximum atomic E-state index is 9.97. The van der Waals surface area contributed by atoms with Crippen LogP contribution < -0.4 is 10.6 Å². The number of nitrogens with zero attached hydrogens (tertiary/aromatic N) is 2. The van der Waals surface area contributed by atoms with Crippen molar-refractivity contribution in [1.82, 2.24) is 15.3 Å². The molecule has 0 saturated heterocycles. The minimum atomic E-state index is 0.264. The molecule has 2 heterocycles. The molecule has 2 aromatic heterocycles. The van der Waals surface area contributed by atoms with E-state index in [1.54, 1.807) is 30.0 Å². The van der Waals surface area contributed by atoms with Gasteiger partial charge in [-0.2, -0.15) is 0 Å². The van der Waals surface area contributed by atoms with E-state index in [1.165, 1.54) is 0 Å². The molecule has 0 saturated carbocycles. The summed E-state index contributed by atoms with van der Waals surface area (Å²) in [6.07, 6.45) is 5.32. The Labute approximate surface area is 109 Å². The molecule has 0 aliphatic carbocycles. The molecule has 18 heavy (non-hydrogen) atoms. The number of pyridine rings is 1. The van der Waals surface area contributed by atoms with Crippen LogP contribution in [0.25, 0.3) is 11.3 Å². The molecule has 2 aromatic rings. The van der Waals surface area contributed by atoms with Crippen molar-refractivity contribution < 1.29 is 4.79 Å². The maximum absolute atomic E-state index is 9.97. The van der Waals surface area contributed by atoms with Crippen molar-refractivity contribution in [1.29, 1.82) is 0 Å². The van der Waals surface area contributed by atoms with E-state index in [1.807, 2.05) is 17.5 Å². The summed E-state index contributed by atoms with van der Waals surface area (Å²) < 4.78 is 0. The Kier molecular flexibility index (Phi) is 4.80. The van der Waals surface area contributed by atoms with E-state index < -0.39 is 0 Å². The second-order valence-corrected chi connectivity index (χ2v) is 4.39. The van der Waals surface area contributed by atoms with Crippen molar-refractivity contribution in [3.8, 4) is 11.3 Å². The van der Waals surface area contributed by atoms with Gasteiger partial charge >= 0.3 is 0 Å². The first kappa shape index (κ1) is 12.7. The average Bonchev–Trinajstić information content (AvgIpc) is 2.88. The van der Waals surface area contributed by atoms with Crippen LogP contribution in [0.3, 0.4) is 0 Å². The number of nitrogens with one attached hydrogen (secondary N) is 2. The Hall–Kier alpha value is -1.79. The third kappa shape index (κ3) is 3.61. The number of thiazole rings is 1. The van der Waals surface area contributed by atoms with Crippen LogP contribution in [0, 0.1) is 0 Å². The summed E-state index contributed by atoms with van der Waals surface area (Å²) in [5, 5.41) is 8.97. The summed E-state index contributed by atoms with van der Waals surface area (Å²) in [5.74, 6) is 0. The fraction of sp³-hybridized carbons (Fsp3) is 0.250. The number of anilines is 1. The minimum absolute atomic E-state index is 0.264. The first-order chi connectivity index (χ1) is 8.90. The van der Waals surface area contributed by atoms with Gasteiger partial charge in [-0.1, -0.05) is 0 Å². The molecular formula is C12H13N4OS. The molecular weight excluding hydrogens is 248 g/mol. The predicted molar refractivity (Wildman–Crippen MR) is 72.4 cm³/mol. The lowest BCUT2D eigenvalue weighted by molar-refractivity contribution is 0.549. The summed E-state index contributed by atoms with van der Waals surface area (Å²) >= 11 is 1.55. The predicted octanol–water partition coefficient (Wildman–Crippen LogP) is 1.32. The van der Waals surface area contributed by atoms with Crippen LogP contribution in [0.4, 0.5) is 5.13 Å². The fourth-order valence-electron chi connectivity index (χ4n) is 1.40. The van der Waals surface area contributed by atoms with Gasteiger partial charge in [-0.3, -0.25) is 9.78 Å². The monoisotopic (exact) mass is 261 g/mol. The number of hydrogen-bond donors (Lipinski definition) is 2. The zero-order valence-electron chi connectivity index (χ0n) is 9.72. The van der Waals surface area contributed by atoms with Crippen LogP contribution >= 0.6 is 11.3 Å².